The normalized spacial score (nSPS) is 24.8. The number of rotatable bonds is 4. The van der Waals surface area contributed by atoms with Gasteiger partial charge in [0.2, 0.25) is 0 Å². The maximum absolute atomic E-state index is 11.1. The number of benzene rings is 1. The van der Waals surface area contributed by atoms with Crippen molar-refractivity contribution in [3.8, 4) is 5.75 Å². The van der Waals surface area contributed by atoms with Crippen LogP contribution in [-0.4, -0.2) is 43.6 Å². The third-order valence-electron chi connectivity index (χ3n) is 3.32. The summed E-state index contributed by atoms with van der Waals surface area (Å²) in [6.45, 7) is 4.02. The van der Waals surface area contributed by atoms with E-state index in [0.29, 0.717) is 13.2 Å². The fraction of sp³-hybridized carbons (Fsp3) is 0.500. The van der Waals surface area contributed by atoms with E-state index in [9.17, 15) is 4.79 Å². The second-order valence-electron chi connectivity index (χ2n) is 4.61. The van der Waals surface area contributed by atoms with Gasteiger partial charge < -0.3 is 14.3 Å². The number of methoxy groups -OCH3 is 1. The summed E-state index contributed by atoms with van der Waals surface area (Å²) in [5, 5.41) is 0. The van der Waals surface area contributed by atoms with Gasteiger partial charge in [-0.3, -0.25) is 4.90 Å². The smallest absolute Gasteiger partial charge is 0.139 e. The van der Waals surface area contributed by atoms with E-state index < -0.39 is 0 Å². The summed E-state index contributed by atoms with van der Waals surface area (Å²) in [5.41, 5.74) is 1.18. The third-order valence-corrected chi connectivity index (χ3v) is 3.32. The predicted octanol–water partition coefficient (Wildman–Crippen LogP) is 1.48. The molecule has 98 valence electrons. The third kappa shape index (κ3) is 2.89. The molecular formula is C14H19NO3. The summed E-state index contributed by atoms with van der Waals surface area (Å²) < 4.78 is 10.5. The average Bonchev–Trinajstić information content (AvgIpc) is 2.42. The molecule has 1 heterocycles. The van der Waals surface area contributed by atoms with Gasteiger partial charge in [-0.15, -0.1) is 0 Å². The molecule has 0 amide bonds. The second kappa shape index (κ2) is 5.98. The number of aldehydes is 1. The Labute approximate surface area is 107 Å². The lowest BCUT2D eigenvalue weighted by Gasteiger charge is -2.37. The van der Waals surface area contributed by atoms with Crippen molar-refractivity contribution in [1.82, 2.24) is 4.90 Å². The molecule has 1 aromatic rings. The molecule has 2 rings (SSSR count). The van der Waals surface area contributed by atoms with E-state index >= 15 is 0 Å². The lowest BCUT2D eigenvalue weighted by atomic mass is 10.1. The van der Waals surface area contributed by atoms with Crippen LogP contribution in [0.5, 0.6) is 5.75 Å². The largest absolute Gasteiger partial charge is 0.497 e. The molecule has 1 aliphatic heterocycles. The Morgan fingerprint density at radius 1 is 1.39 bits per heavy atom. The zero-order chi connectivity index (χ0) is 13.0. The van der Waals surface area contributed by atoms with Gasteiger partial charge in [-0.25, -0.2) is 0 Å². The van der Waals surface area contributed by atoms with Crippen LogP contribution in [0.1, 0.15) is 12.5 Å². The monoisotopic (exact) mass is 249 g/mol. The molecule has 0 aliphatic carbocycles. The van der Waals surface area contributed by atoms with E-state index in [1.54, 1.807) is 7.11 Å². The number of morpholine rings is 1. The second-order valence-corrected chi connectivity index (χ2v) is 4.61. The van der Waals surface area contributed by atoms with Crippen molar-refractivity contribution in [3.05, 3.63) is 29.8 Å². The Bertz CT molecular complexity index is 391. The first-order valence-corrected chi connectivity index (χ1v) is 6.16. The summed E-state index contributed by atoms with van der Waals surface area (Å²) >= 11 is 0. The van der Waals surface area contributed by atoms with E-state index in [4.69, 9.17) is 9.47 Å². The molecule has 1 unspecified atom stereocenters. The first kappa shape index (κ1) is 13.1. The number of hydrogen-bond donors (Lipinski definition) is 0. The van der Waals surface area contributed by atoms with Crippen molar-refractivity contribution in [3.63, 3.8) is 0 Å². The van der Waals surface area contributed by atoms with Crippen LogP contribution >= 0.6 is 0 Å². The van der Waals surface area contributed by atoms with Crippen molar-refractivity contribution >= 4 is 6.29 Å². The molecule has 0 spiro atoms. The Balaban J connectivity index is 2.07. The van der Waals surface area contributed by atoms with Gasteiger partial charge in [0, 0.05) is 12.6 Å². The molecule has 1 aromatic carbocycles. The van der Waals surface area contributed by atoms with E-state index in [0.717, 1.165) is 18.6 Å². The molecule has 1 aliphatic rings. The summed E-state index contributed by atoms with van der Waals surface area (Å²) in [4.78, 5) is 13.2. The lowest BCUT2D eigenvalue weighted by Crippen LogP contribution is -2.51. The summed E-state index contributed by atoms with van der Waals surface area (Å²) in [6, 6.07) is 8.06. The Kier molecular flexibility index (Phi) is 4.33. The fourth-order valence-corrected chi connectivity index (χ4v) is 2.21. The molecule has 0 bridgehead atoms. The minimum atomic E-state index is -0.143. The van der Waals surface area contributed by atoms with Crippen LogP contribution in [0.3, 0.4) is 0 Å². The summed E-state index contributed by atoms with van der Waals surface area (Å²) in [6.07, 6.45) is 0.971. The van der Waals surface area contributed by atoms with E-state index in [1.165, 1.54) is 5.56 Å². The standard InChI is InChI=1S/C14H19NO3/c1-11-9-18-10-13(8-16)15(11)7-12-3-5-14(17-2)6-4-12/h3-6,8,11,13H,7,9-10H2,1-2H3/t11-,13?/m1/s1. The van der Waals surface area contributed by atoms with Crippen molar-refractivity contribution in [2.45, 2.75) is 25.6 Å². The molecule has 18 heavy (non-hydrogen) atoms. The van der Waals surface area contributed by atoms with Crippen LogP contribution in [0.15, 0.2) is 24.3 Å². The molecule has 1 fully saturated rings. The van der Waals surface area contributed by atoms with Gasteiger partial charge in [0.1, 0.15) is 12.0 Å². The van der Waals surface area contributed by atoms with Gasteiger partial charge in [-0.2, -0.15) is 0 Å². The number of nitrogens with zero attached hydrogens (tertiary/aromatic N) is 1. The maximum atomic E-state index is 11.1. The van der Waals surface area contributed by atoms with Gasteiger partial charge in [-0.05, 0) is 24.6 Å². The highest BCUT2D eigenvalue weighted by atomic mass is 16.5. The highest BCUT2D eigenvalue weighted by molar-refractivity contribution is 5.58. The predicted molar refractivity (Wildman–Crippen MR) is 68.7 cm³/mol. The lowest BCUT2D eigenvalue weighted by molar-refractivity contribution is -0.122. The van der Waals surface area contributed by atoms with E-state index in [-0.39, 0.29) is 12.1 Å². The number of carbonyl (C=O) groups excluding carboxylic acids is 1. The fourth-order valence-electron chi connectivity index (χ4n) is 2.21. The Hall–Kier alpha value is -1.39. The topological polar surface area (TPSA) is 38.8 Å². The van der Waals surface area contributed by atoms with Gasteiger partial charge in [0.05, 0.1) is 26.4 Å². The van der Waals surface area contributed by atoms with Crippen LogP contribution in [-0.2, 0) is 16.1 Å². The summed E-state index contributed by atoms with van der Waals surface area (Å²) in [7, 11) is 1.65. The van der Waals surface area contributed by atoms with E-state index in [2.05, 4.69) is 11.8 Å². The number of carbonyl (C=O) groups is 1. The highest BCUT2D eigenvalue weighted by Crippen LogP contribution is 2.18. The van der Waals surface area contributed by atoms with Gasteiger partial charge in [-0.1, -0.05) is 12.1 Å². The molecule has 0 saturated carbocycles. The molecule has 0 N–H and O–H groups in total. The molecule has 0 aromatic heterocycles. The minimum Gasteiger partial charge on any atom is -0.497 e. The first-order chi connectivity index (χ1) is 8.74. The minimum absolute atomic E-state index is 0.143. The number of hydrogen-bond acceptors (Lipinski definition) is 4. The number of ether oxygens (including phenoxy) is 2. The molecule has 2 atom stereocenters. The average molecular weight is 249 g/mol. The first-order valence-electron chi connectivity index (χ1n) is 6.16. The molecule has 1 saturated heterocycles. The van der Waals surface area contributed by atoms with Crippen LogP contribution in [0, 0.1) is 0 Å². The van der Waals surface area contributed by atoms with E-state index in [1.807, 2.05) is 24.3 Å². The molecular weight excluding hydrogens is 230 g/mol. The molecule has 4 nitrogen and oxygen atoms in total. The van der Waals surface area contributed by atoms with Crippen molar-refractivity contribution in [2.75, 3.05) is 20.3 Å². The quantitative estimate of drug-likeness (QED) is 0.758. The van der Waals surface area contributed by atoms with Crippen LogP contribution in [0.4, 0.5) is 0 Å². The van der Waals surface area contributed by atoms with Crippen LogP contribution in [0.2, 0.25) is 0 Å². The van der Waals surface area contributed by atoms with Gasteiger partial charge >= 0.3 is 0 Å². The van der Waals surface area contributed by atoms with Crippen molar-refractivity contribution in [2.24, 2.45) is 0 Å². The molecule has 4 heteroatoms. The van der Waals surface area contributed by atoms with Crippen LogP contribution in [0.25, 0.3) is 0 Å². The maximum Gasteiger partial charge on any atom is 0.139 e. The SMILES string of the molecule is COc1ccc(CN2C(C=O)COC[C@H]2C)cc1. The Morgan fingerprint density at radius 3 is 2.72 bits per heavy atom. The molecule has 0 radical (unpaired) electrons. The zero-order valence-corrected chi connectivity index (χ0v) is 10.8. The van der Waals surface area contributed by atoms with Gasteiger partial charge in [0.25, 0.3) is 0 Å². The van der Waals surface area contributed by atoms with Crippen molar-refractivity contribution < 1.29 is 14.3 Å². The summed E-state index contributed by atoms with van der Waals surface area (Å²) in [5.74, 6) is 0.848. The van der Waals surface area contributed by atoms with Gasteiger partial charge in [0.15, 0.2) is 0 Å². The van der Waals surface area contributed by atoms with Crippen LogP contribution < -0.4 is 4.74 Å². The highest BCUT2D eigenvalue weighted by Gasteiger charge is 2.28. The van der Waals surface area contributed by atoms with Crippen molar-refractivity contribution in [1.29, 1.82) is 0 Å². The Morgan fingerprint density at radius 2 is 2.11 bits per heavy atom. The zero-order valence-electron chi connectivity index (χ0n) is 10.8.